The predicted octanol–water partition coefficient (Wildman–Crippen LogP) is 2.50. The van der Waals surface area contributed by atoms with E-state index in [1.807, 2.05) is 48.1 Å². The number of hydrogen-bond acceptors (Lipinski definition) is 6. The van der Waals surface area contributed by atoms with E-state index in [2.05, 4.69) is 10.3 Å². The lowest BCUT2D eigenvalue weighted by Gasteiger charge is -2.31. The first-order chi connectivity index (χ1) is 16.9. The summed E-state index contributed by atoms with van der Waals surface area (Å²) in [6.45, 7) is 1.37. The van der Waals surface area contributed by atoms with Gasteiger partial charge in [0.1, 0.15) is 25.1 Å². The number of benzene rings is 2. The van der Waals surface area contributed by atoms with Crippen molar-refractivity contribution in [2.75, 3.05) is 26.3 Å². The number of aryl methyl sites for hydroxylation is 1. The molecule has 3 aromatic rings. The molecule has 2 aliphatic rings. The lowest BCUT2D eigenvalue weighted by molar-refractivity contribution is -0.126. The van der Waals surface area contributed by atoms with Crippen molar-refractivity contribution in [1.29, 1.82) is 0 Å². The summed E-state index contributed by atoms with van der Waals surface area (Å²) >= 11 is 0. The highest BCUT2D eigenvalue weighted by atomic mass is 32.2. The van der Waals surface area contributed by atoms with Crippen LogP contribution in [0.15, 0.2) is 65.8 Å². The zero-order chi connectivity index (χ0) is 24.4. The van der Waals surface area contributed by atoms with Crippen LogP contribution in [0.25, 0.3) is 0 Å². The Hall–Kier alpha value is -3.37. The molecule has 1 aromatic heterocycles. The third-order valence-electron chi connectivity index (χ3n) is 6.51. The fourth-order valence-corrected chi connectivity index (χ4v) is 6.04. The maximum atomic E-state index is 13.2. The van der Waals surface area contributed by atoms with Crippen molar-refractivity contribution < 1.29 is 22.7 Å². The van der Waals surface area contributed by atoms with Gasteiger partial charge >= 0.3 is 0 Å². The molecular weight excluding hydrogens is 468 g/mol. The van der Waals surface area contributed by atoms with Crippen LogP contribution >= 0.6 is 0 Å². The van der Waals surface area contributed by atoms with Crippen molar-refractivity contribution in [2.24, 2.45) is 13.0 Å². The smallest absolute Gasteiger partial charge is 0.243 e. The van der Waals surface area contributed by atoms with Gasteiger partial charge in [-0.2, -0.15) is 4.31 Å². The average molecular weight is 497 g/mol. The summed E-state index contributed by atoms with van der Waals surface area (Å²) in [7, 11) is -1.80. The molecule has 0 unspecified atom stereocenters. The Morgan fingerprint density at radius 1 is 1.06 bits per heavy atom. The normalized spacial score (nSPS) is 17.6. The molecule has 1 fully saturated rings. The first-order valence-electron chi connectivity index (χ1n) is 11.7. The zero-order valence-corrected chi connectivity index (χ0v) is 20.3. The molecule has 0 radical (unpaired) electrons. The standard InChI is InChI=1S/C25H28N4O5S/c1-28-14-11-26-24(28)23(18-5-3-2-4-6-18)27-25(30)19-9-12-29(13-10-19)35(31,32)20-7-8-21-22(17-20)34-16-15-33-21/h2-8,11,14,17,19,23H,9-10,12-13,15-16H2,1H3,(H,27,30)/t23-/m0/s1. The van der Waals surface area contributed by atoms with Crippen LogP contribution < -0.4 is 14.8 Å². The van der Waals surface area contributed by atoms with E-state index in [-0.39, 0.29) is 35.9 Å². The van der Waals surface area contributed by atoms with Crippen molar-refractivity contribution in [1.82, 2.24) is 19.2 Å². The van der Waals surface area contributed by atoms with Crippen LogP contribution in [0.2, 0.25) is 0 Å². The summed E-state index contributed by atoms with van der Waals surface area (Å²) < 4.78 is 40.8. The summed E-state index contributed by atoms with van der Waals surface area (Å²) in [4.78, 5) is 17.8. The Labute approximate surface area is 204 Å². The Morgan fingerprint density at radius 3 is 2.46 bits per heavy atom. The van der Waals surface area contributed by atoms with E-state index in [1.165, 1.54) is 10.4 Å². The van der Waals surface area contributed by atoms with Crippen molar-refractivity contribution in [3.8, 4) is 11.5 Å². The Bertz CT molecular complexity index is 1300. The van der Waals surface area contributed by atoms with E-state index < -0.39 is 10.0 Å². The highest BCUT2D eigenvalue weighted by Gasteiger charge is 2.34. The number of carbonyl (C=O) groups excluding carboxylic acids is 1. The van der Waals surface area contributed by atoms with E-state index in [0.717, 1.165) is 11.4 Å². The van der Waals surface area contributed by atoms with Gasteiger partial charge < -0.3 is 19.4 Å². The lowest BCUT2D eigenvalue weighted by Crippen LogP contribution is -2.44. The van der Waals surface area contributed by atoms with Crippen LogP contribution in [-0.4, -0.2) is 54.5 Å². The Balaban J connectivity index is 1.26. The van der Waals surface area contributed by atoms with Gasteiger partial charge in [-0.15, -0.1) is 0 Å². The molecule has 2 aromatic carbocycles. The number of imidazole rings is 1. The van der Waals surface area contributed by atoms with E-state index in [9.17, 15) is 13.2 Å². The topological polar surface area (TPSA) is 103 Å². The number of nitrogens with one attached hydrogen (secondary N) is 1. The van der Waals surface area contributed by atoms with Gasteiger partial charge in [0.05, 0.1) is 4.90 Å². The maximum absolute atomic E-state index is 13.2. The number of rotatable bonds is 6. The monoisotopic (exact) mass is 496 g/mol. The van der Waals surface area contributed by atoms with Gasteiger partial charge in [0.25, 0.3) is 0 Å². The number of nitrogens with zero attached hydrogens (tertiary/aromatic N) is 3. The van der Waals surface area contributed by atoms with Crippen molar-refractivity contribution >= 4 is 15.9 Å². The summed E-state index contributed by atoms with van der Waals surface area (Å²) in [5, 5.41) is 3.15. The molecule has 0 saturated carbocycles. The molecule has 3 heterocycles. The van der Waals surface area contributed by atoms with E-state index >= 15 is 0 Å². The quantitative estimate of drug-likeness (QED) is 0.563. The number of amides is 1. The Kier molecular flexibility index (Phi) is 6.48. The molecular formula is C25H28N4O5S. The highest BCUT2D eigenvalue weighted by molar-refractivity contribution is 7.89. The minimum absolute atomic E-state index is 0.0989. The minimum Gasteiger partial charge on any atom is -0.486 e. The fraction of sp³-hybridized carbons (Fsp3) is 0.360. The van der Waals surface area contributed by atoms with Crippen molar-refractivity contribution in [2.45, 2.75) is 23.8 Å². The lowest BCUT2D eigenvalue weighted by atomic mass is 9.96. The minimum atomic E-state index is -3.70. The molecule has 35 heavy (non-hydrogen) atoms. The number of piperidine rings is 1. The third-order valence-corrected chi connectivity index (χ3v) is 8.41. The van der Waals surface area contributed by atoms with Crippen LogP contribution in [-0.2, 0) is 21.9 Å². The maximum Gasteiger partial charge on any atom is 0.243 e. The number of aromatic nitrogens is 2. The number of carbonyl (C=O) groups is 1. The summed E-state index contributed by atoms with van der Waals surface area (Å²) in [5.41, 5.74) is 0.939. The highest BCUT2D eigenvalue weighted by Crippen LogP contribution is 2.34. The summed E-state index contributed by atoms with van der Waals surface area (Å²) in [6.07, 6.45) is 4.44. The molecule has 184 valence electrons. The number of ether oxygens (including phenoxy) is 2. The second-order valence-electron chi connectivity index (χ2n) is 8.73. The van der Waals surface area contributed by atoms with E-state index in [0.29, 0.717) is 37.6 Å². The van der Waals surface area contributed by atoms with Crippen LogP contribution in [0.4, 0.5) is 0 Å². The van der Waals surface area contributed by atoms with Crippen molar-refractivity contribution in [3.63, 3.8) is 0 Å². The molecule has 0 aliphatic carbocycles. The summed E-state index contributed by atoms with van der Waals surface area (Å²) in [5.74, 6) is 1.34. The molecule has 2 aliphatic heterocycles. The van der Waals surface area contributed by atoms with Crippen LogP contribution in [0.3, 0.4) is 0 Å². The molecule has 0 bridgehead atoms. The largest absolute Gasteiger partial charge is 0.486 e. The van der Waals surface area contributed by atoms with Gasteiger partial charge in [0.15, 0.2) is 11.5 Å². The number of sulfonamides is 1. The molecule has 1 atom stereocenters. The molecule has 5 rings (SSSR count). The predicted molar refractivity (Wildman–Crippen MR) is 129 cm³/mol. The van der Waals surface area contributed by atoms with Gasteiger partial charge in [-0.05, 0) is 30.5 Å². The molecule has 10 heteroatoms. The summed E-state index contributed by atoms with van der Waals surface area (Å²) in [6, 6.07) is 14.0. The molecule has 0 spiro atoms. The molecule has 1 saturated heterocycles. The van der Waals surface area contributed by atoms with Gasteiger partial charge in [0.2, 0.25) is 15.9 Å². The Morgan fingerprint density at radius 2 is 1.77 bits per heavy atom. The van der Waals surface area contributed by atoms with Crippen LogP contribution in [0.1, 0.15) is 30.3 Å². The van der Waals surface area contributed by atoms with Crippen LogP contribution in [0, 0.1) is 5.92 Å². The first kappa shape index (κ1) is 23.4. The van der Waals surface area contributed by atoms with Gasteiger partial charge in [-0.3, -0.25) is 4.79 Å². The number of hydrogen-bond donors (Lipinski definition) is 1. The van der Waals surface area contributed by atoms with E-state index in [4.69, 9.17) is 9.47 Å². The number of fused-ring (bicyclic) bond motifs is 1. The third kappa shape index (κ3) is 4.76. The van der Waals surface area contributed by atoms with Crippen LogP contribution in [0.5, 0.6) is 11.5 Å². The zero-order valence-electron chi connectivity index (χ0n) is 19.5. The fourth-order valence-electron chi connectivity index (χ4n) is 4.55. The SMILES string of the molecule is Cn1ccnc1[C@@H](NC(=O)C1CCN(S(=O)(=O)c2ccc3c(c2)OCCO3)CC1)c1ccccc1. The van der Waals surface area contributed by atoms with Gasteiger partial charge in [-0.1, -0.05) is 30.3 Å². The molecule has 9 nitrogen and oxygen atoms in total. The average Bonchev–Trinajstić information content (AvgIpc) is 3.32. The second kappa shape index (κ2) is 9.71. The van der Waals surface area contributed by atoms with Crippen molar-refractivity contribution in [3.05, 3.63) is 72.3 Å². The first-order valence-corrected chi connectivity index (χ1v) is 13.1. The molecule has 1 N–H and O–H groups in total. The van der Waals surface area contributed by atoms with E-state index in [1.54, 1.807) is 18.3 Å². The second-order valence-corrected chi connectivity index (χ2v) is 10.7. The van der Waals surface area contributed by atoms with Gasteiger partial charge in [0, 0.05) is 44.5 Å². The van der Waals surface area contributed by atoms with Gasteiger partial charge in [-0.25, -0.2) is 13.4 Å². The molecule has 1 amide bonds.